The molecule has 3 heterocycles. The van der Waals surface area contributed by atoms with Crippen molar-refractivity contribution in [2.75, 3.05) is 20.1 Å². The van der Waals surface area contributed by atoms with Crippen molar-refractivity contribution in [3.63, 3.8) is 0 Å². The van der Waals surface area contributed by atoms with Gasteiger partial charge >= 0.3 is 0 Å². The Morgan fingerprint density at radius 3 is 2.83 bits per heavy atom. The van der Waals surface area contributed by atoms with E-state index in [2.05, 4.69) is 55.8 Å². The van der Waals surface area contributed by atoms with Crippen LogP contribution in [0.1, 0.15) is 17.7 Å². The van der Waals surface area contributed by atoms with Crippen molar-refractivity contribution < 1.29 is 0 Å². The molecule has 0 spiro atoms. The molecule has 8 heteroatoms. The molecule has 1 aliphatic rings. The minimum Gasteiger partial charge on any atom is -0.352 e. The number of likely N-dealkylation sites (tertiary alicyclic amines) is 1. The lowest BCUT2D eigenvalue weighted by atomic mass is 10.2. The summed E-state index contributed by atoms with van der Waals surface area (Å²) in [6.07, 6.45) is 4.96. The van der Waals surface area contributed by atoms with E-state index >= 15 is 0 Å². The van der Waals surface area contributed by atoms with Crippen molar-refractivity contribution in [1.29, 1.82) is 0 Å². The number of hydrogen-bond acceptors (Lipinski definition) is 3. The highest BCUT2D eigenvalue weighted by Gasteiger charge is 2.23. The molecule has 1 aromatic carbocycles. The Labute approximate surface area is 193 Å². The summed E-state index contributed by atoms with van der Waals surface area (Å²) < 4.78 is 1.94. The smallest absolute Gasteiger partial charge is 0.191 e. The van der Waals surface area contributed by atoms with Crippen LogP contribution in [0.4, 0.5) is 0 Å². The number of benzene rings is 1. The fourth-order valence-corrected chi connectivity index (χ4v) is 3.77. The molecule has 2 N–H and O–H groups in total. The van der Waals surface area contributed by atoms with Gasteiger partial charge in [0.05, 0.1) is 17.3 Å². The number of nitrogens with zero attached hydrogens (tertiary/aromatic N) is 4. The van der Waals surface area contributed by atoms with Crippen LogP contribution >= 0.6 is 35.6 Å². The normalized spacial score (nSPS) is 17.3. The largest absolute Gasteiger partial charge is 0.352 e. The topological polar surface area (TPSA) is 57.0 Å². The van der Waals surface area contributed by atoms with Gasteiger partial charge in [-0.15, -0.1) is 24.0 Å². The lowest BCUT2D eigenvalue weighted by molar-refractivity contribution is 0.324. The number of halogens is 2. The summed E-state index contributed by atoms with van der Waals surface area (Å²) >= 11 is 6.04. The Kier molecular flexibility index (Phi) is 7.74. The van der Waals surface area contributed by atoms with Gasteiger partial charge in [-0.25, -0.2) is 4.98 Å². The van der Waals surface area contributed by atoms with Crippen molar-refractivity contribution in [3.05, 3.63) is 71.1 Å². The maximum absolute atomic E-state index is 6.04. The molecular formula is C21H26ClIN6. The van der Waals surface area contributed by atoms with Crippen LogP contribution < -0.4 is 10.6 Å². The van der Waals surface area contributed by atoms with E-state index in [1.807, 2.05) is 28.9 Å². The maximum Gasteiger partial charge on any atom is 0.191 e. The quantitative estimate of drug-likeness (QED) is 0.305. The highest BCUT2D eigenvalue weighted by atomic mass is 127. The van der Waals surface area contributed by atoms with Gasteiger partial charge in [0, 0.05) is 45.1 Å². The molecule has 2 aromatic heterocycles. The number of imidazole rings is 1. The Bertz CT molecular complexity index is 958. The fourth-order valence-electron chi connectivity index (χ4n) is 3.60. The molecule has 0 aliphatic carbocycles. The summed E-state index contributed by atoms with van der Waals surface area (Å²) in [5, 5.41) is 7.60. The standard InChI is InChI=1S/C21H25ClN6.HI/c1-23-21(24-11-19-15-28-13-17(22)7-8-20(28)25-19)26-18-9-10-27(14-18)12-16-5-3-2-4-6-16;/h2-8,13,15,18H,9-12,14H2,1H3,(H2,23,24,26);1H. The number of hydrogen-bond donors (Lipinski definition) is 2. The molecule has 1 saturated heterocycles. The van der Waals surface area contributed by atoms with E-state index in [0.717, 1.165) is 43.4 Å². The number of guanidine groups is 1. The molecule has 154 valence electrons. The number of aliphatic imine (C=N–C) groups is 1. The molecule has 3 aromatic rings. The number of aromatic nitrogens is 2. The summed E-state index contributed by atoms with van der Waals surface area (Å²) in [4.78, 5) is 11.4. The highest BCUT2D eigenvalue weighted by molar-refractivity contribution is 14.0. The first kappa shape index (κ1) is 21.9. The minimum atomic E-state index is 0. The molecule has 1 aliphatic heterocycles. The van der Waals surface area contributed by atoms with E-state index in [-0.39, 0.29) is 24.0 Å². The Hall–Kier alpha value is -1.84. The Morgan fingerprint density at radius 1 is 1.21 bits per heavy atom. The van der Waals surface area contributed by atoms with Crippen LogP contribution in [0.3, 0.4) is 0 Å². The van der Waals surface area contributed by atoms with Gasteiger partial charge in [0.1, 0.15) is 5.65 Å². The zero-order valence-corrected chi connectivity index (χ0v) is 19.5. The fraction of sp³-hybridized carbons (Fsp3) is 0.333. The molecule has 0 bridgehead atoms. The highest BCUT2D eigenvalue weighted by Crippen LogP contribution is 2.14. The van der Waals surface area contributed by atoms with Crippen LogP contribution in [0.2, 0.25) is 5.02 Å². The maximum atomic E-state index is 6.04. The first-order chi connectivity index (χ1) is 13.7. The monoisotopic (exact) mass is 524 g/mol. The van der Waals surface area contributed by atoms with E-state index in [1.165, 1.54) is 5.56 Å². The molecule has 4 rings (SSSR count). The average molecular weight is 525 g/mol. The van der Waals surface area contributed by atoms with Crippen LogP contribution in [0, 0.1) is 0 Å². The van der Waals surface area contributed by atoms with Gasteiger partial charge in [-0.1, -0.05) is 41.9 Å². The zero-order chi connectivity index (χ0) is 19.3. The molecule has 0 saturated carbocycles. The van der Waals surface area contributed by atoms with Crippen LogP contribution in [0.15, 0.2) is 59.9 Å². The second-order valence-corrected chi connectivity index (χ2v) is 7.56. The number of pyridine rings is 1. The van der Waals surface area contributed by atoms with E-state index in [4.69, 9.17) is 11.6 Å². The Morgan fingerprint density at radius 2 is 2.03 bits per heavy atom. The lowest BCUT2D eigenvalue weighted by Crippen LogP contribution is -2.44. The van der Waals surface area contributed by atoms with Crippen molar-refractivity contribution in [2.24, 2.45) is 4.99 Å². The molecule has 0 radical (unpaired) electrons. The third kappa shape index (κ3) is 5.83. The van der Waals surface area contributed by atoms with E-state index < -0.39 is 0 Å². The predicted molar refractivity (Wildman–Crippen MR) is 129 cm³/mol. The van der Waals surface area contributed by atoms with Gasteiger partial charge in [-0.05, 0) is 24.1 Å². The van der Waals surface area contributed by atoms with E-state index in [9.17, 15) is 0 Å². The van der Waals surface area contributed by atoms with Crippen LogP contribution in [0.5, 0.6) is 0 Å². The lowest BCUT2D eigenvalue weighted by Gasteiger charge is -2.18. The average Bonchev–Trinajstić information content (AvgIpc) is 3.31. The third-order valence-electron chi connectivity index (χ3n) is 4.99. The van der Waals surface area contributed by atoms with Crippen molar-refractivity contribution in [1.82, 2.24) is 24.9 Å². The summed E-state index contributed by atoms with van der Waals surface area (Å²) in [5.41, 5.74) is 3.19. The molecule has 0 amide bonds. The number of rotatable bonds is 5. The van der Waals surface area contributed by atoms with Crippen LogP contribution in [-0.4, -0.2) is 46.4 Å². The predicted octanol–water partition coefficient (Wildman–Crippen LogP) is 3.55. The van der Waals surface area contributed by atoms with Gasteiger partial charge in [0.2, 0.25) is 0 Å². The van der Waals surface area contributed by atoms with Gasteiger partial charge in [0.15, 0.2) is 5.96 Å². The van der Waals surface area contributed by atoms with E-state index in [0.29, 0.717) is 17.6 Å². The van der Waals surface area contributed by atoms with Crippen molar-refractivity contribution in [3.8, 4) is 0 Å². The summed E-state index contributed by atoms with van der Waals surface area (Å²) in [5.74, 6) is 0.807. The van der Waals surface area contributed by atoms with Gasteiger partial charge in [-0.3, -0.25) is 9.89 Å². The van der Waals surface area contributed by atoms with Crippen LogP contribution in [0.25, 0.3) is 5.65 Å². The first-order valence-corrected chi connectivity index (χ1v) is 9.94. The zero-order valence-electron chi connectivity index (χ0n) is 16.4. The second-order valence-electron chi connectivity index (χ2n) is 7.12. The molecular weight excluding hydrogens is 499 g/mol. The van der Waals surface area contributed by atoms with Crippen LogP contribution in [-0.2, 0) is 13.1 Å². The third-order valence-corrected chi connectivity index (χ3v) is 5.21. The van der Waals surface area contributed by atoms with Crippen molar-refractivity contribution >= 4 is 47.2 Å². The molecule has 29 heavy (non-hydrogen) atoms. The molecule has 1 atom stereocenters. The SMILES string of the molecule is CN=C(NCc1cn2cc(Cl)ccc2n1)NC1CCN(Cc2ccccc2)C1.I. The molecule has 1 unspecified atom stereocenters. The first-order valence-electron chi connectivity index (χ1n) is 9.56. The van der Waals surface area contributed by atoms with Gasteiger partial charge < -0.3 is 15.0 Å². The van der Waals surface area contributed by atoms with Crippen molar-refractivity contribution in [2.45, 2.75) is 25.6 Å². The number of nitrogens with one attached hydrogen (secondary N) is 2. The summed E-state index contributed by atoms with van der Waals surface area (Å²) in [7, 11) is 1.80. The summed E-state index contributed by atoms with van der Waals surface area (Å²) in [6.45, 7) is 3.72. The van der Waals surface area contributed by atoms with E-state index in [1.54, 1.807) is 7.05 Å². The Balaban J connectivity index is 0.00000240. The molecule has 1 fully saturated rings. The summed E-state index contributed by atoms with van der Waals surface area (Å²) in [6, 6.07) is 14.8. The molecule has 6 nitrogen and oxygen atoms in total. The van der Waals surface area contributed by atoms with Gasteiger partial charge in [-0.2, -0.15) is 0 Å². The second kappa shape index (κ2) is 10.3. The van der Waals surface area contributed by atoms with Gasteiger partial charge in [0.25, 0.3) is 0 Å². The minimum absolute atomic E-state index is 0. The number of fused-ring (bicyclic) bond motifs is 1.